The molecule has 1 aliphatic heterocycles. The van der Waals surface area contributed by atoms with Crippen molar-refractivity contribution >= 4 is 23.0 Å². The minimum atomic E-state index is -0.541. The van der Waals surface area contributed by atoms with Gasteiger partial charge in [0, 0.05) is 13.6 Å². The summed E-state index contributed by atoms with van der Waals surface area (Å²) in [5.74, 6) is -0.0632. The fourth-order valence-electron chi connectivity index (χ4n) is 2.03. The number of rotatable bonds is 3. The summed E-state index contributed by atoms with van der Waals surface area (Å²) in [4.78, 5) is 23.7. The second-order valence-electron chi connectivity index (χ2n) is 4.25. The van der Waals surface area contributed by atoms with Crippen molar-refractivity contribution in [3.05, 3.63) is 28.3 Å². The minimum absolute atomic E-state index is 0.0632. The minimum Gasteiger partial charge on any atom is -0.393 e. The smallest absolute Gasteiger partial charge is 0.314 e. The van der Waals surface area contributed by atoms with Crippen LogP contribution in [0.15, 0.2) is 18.2 Å². The molecule has 0 spiro atoms. The molecule has 1 unspecified atom stereocenters. The average Bonchev–Trinajstić information content (AvgIpc) is 2.60. The predicted molar refractivity (Wildman–Crippen MR) is 67.2 cm³/mol. The molecule has 7 nitrogen and oxygen atoms in total. The number of nitro groups is 1. The number of benzene rings is 1. The summed E-state index contributed by atoms with van der Waals surface area (Å²) in [6.07, 6.45) is 0.626. The molecule has 1 heterocycles. The Bertz CT molecular complexity index is 503. The lowest BCUT2D eigenvalue weighted by molar-refractivity contribution is -0.383. The number of anilines is 2. The molecule has 2 rings (SSSR count). The third kappa shape index (κ3) is 2.06. The van der Waals surface area contributed by atoms with Crippen molar-refractivity contribution in [3.8, 4) is 0 Å². The van der Waals surface area contributed by atoms with E-state index in [4.69, 9.17) is 5.73 Å². The number of nitro benzene ring substituents is 1. The molecule has 1 saturated heterocycles. The fourth-order valence-corrected chi connectivity index (χ4v) is 2.03. The summed E-state index contributed by atoms with van der Waals surface area (Å²) in [5, 5.41) is 13.9. The Kier molecular flexibility index (Phi) is 3.05. The zero-order valence-corrected chi connectivity index (χ0v) is 9.92. The van der Waals surface area contributed by atoms with Crippen LogP contribution in [0.3, 0.4) is 0 Å². The van der Waals surface area contributed by atoms with Crippen LogP contribution in [0, 0.1) is 10.1 Å². The van der Waals surface area contributed by atoms with Crippen LogP contribution in [-0.4, -0.2) is 35.4 Å². The third-order valence-electron chi connectivity index (χ3n) is 3.01. The molecule has 7 heteroatoms. The Morgan fingerprint density at radius 1 is 1.56 bits per heavy atom. The van der Waals surface area contributed by atoms with Crippen LogP contribution in [0.2, 0.25) is 0 Å². The largest absolute Gasteiger partial charge is 0.393 e. The molecule has 3 N–H and O–H groups in total. The van der Waals surface area contributed by atoms with E-state index in [-0.39, 0.29) is 23.0 Å². The number of hydrogen-bond acceptors (Lipinski definition) is 5. The quantitative estimate of drug-likeness (QED) is 0.470. The molecule has 1 aromatic rings. The molecule has 18 heavy (non-hydrogen) atoms. The van der Waals surface area contributed by atoms with Gasteiger partial charge in [0.25, 0.3) is 0 Å². The summed E-state index contributed by atoms with van der Waals surface area (Å²) >= 11 is 0. The molecule has 0 saturated carbocycles. The number of hydrogen-bond donors (Lipinski definition) is 2. The molecular formula is C11H14N4O3. The monoisotopic (exact) mass is 250 g/mol. The van der Waals surface area contributed by atoms with Gasteiger partial charge in [-0.1, -0.05) is 6.07 Å². The maximum Gasteiger partial charge on any atom is 0.314 e. The van der Waals surface area contributed by atoms with Gasteiger partial charge in [0.2, 0.25) is 5.91 Å². The summed E-state index contributed by atoms with van der Waals surface area (Å²) < 4.78 is 0. The molecular weight excluding hydrogens is 236 g/mol. The van der Waals surface area contributed by atoms with E-state index in [0.29, 0.717) is 13.0 Å². The van der Waals surface area contributed by atoms with Crippen LogP contribution in [-0.2, 0) is 4.79 Å². The van der Waals surface area contributed by atoms with Crippen molar-refractivity contribution in [1.82, 2.24) is 4.90 Å². The highest BCUT2D eigenvalue weighted by molar-refractivity contribution is 5.88. The first kappa shape index (κ1) is 12.2. The second kappa shape index (κ2) is 4.52. The lowest BCUT2D eigenvalue weighted by Crippen LogP contribution is -2.31. The lowest BCUT2D eigenvalue weighted by atomic mass is 10.2. The molecule has 0 aromatic heterocycles. The number of para-hydroxylation sites is 1. The number of likely N-dealkylation sites (tertiary alicyclic amines) is 1. The summed E-state index contributed by atoms with van der Waals surface area (Å²) in [6.45, 7) is 0.645. The van der Waals surface area contributed by atoms with Crippen molar-refractivity contribution in [1.29, 1.82) is 0 Å². The molecule has 1 amide bonds. The third-order valence-corrected chi connectivity index (χ3v) is 3.01. The Hall–Kier alpha value is -2.31. The Morgan fingerprint density at radius 2 is 2.28 bits per heavy atom. The van der Waals surface area contributed by atoms with Gasteiger partial charge in [-0.3, -0.25) is 14.9 Å². The van der Waals surface area contributed by atoms with E-state index >= 15 is 0 Å². The van der Waals surface area contributed by atoms with Crippen molar-refractivity contribution in [2.75, 3.05) is 24.6 Å². The SMILES string of the molecule is CN1CCC(Nc2cccc(N)c2[N+](=O)[O-])C1=O. The first-order valence-electron chi connectivity index (χ1n) is 5.55. The zero-order chi connectivity index (χ0) is 13.3. The number of likely N-dealkylation sites (N-methyl/N-ethyl adjacent to an activating group) is 1. The maximum absolute atomic E-state index is 11.7. The van der Waals surface area contributed by atoms with E-state index in [0.717, 1.165) is 0 Å². The van der Waals surface area contributed by atoms with Gasteiger partial charge in [-0.15, -0.1) is 0 Å². The Balaban J connectivity index is 2.27. The highest BCUT2D eigenvalue weighted by atomic mass is 16.6. The Morgan fingerprint density at radius 3 is 2.83 bits per heavy atom. The summed E-state index contributed by atoms with van der Waals surface area (Å²) in [7, 11) is 1.71. The standard InChI is InChI=1S/C11H14N4O3/c1-14-6-5-9(11(14)16)13-8-4-2-3-7(12)10(8)15(17)18/h2-4,9,13H,5-6,12H2,1H3. The van der Waals surface area contributed by atoms with Crippen LogP contribution in [0.5, 0.6) is 0 Å². The van der Waals surface area contributed by atoms with Crippen LogP contribution in [0.4, 0.5) is 17.1 Å². The normalized spacial score (nSPS) is 19.1. The van der Waals surface area contributed by atoms with Crippen molar-refractivity contribution in [2.45, 2.75) is 12.5 Å². The average molecular weight is 250 g/mol. The van der Waals surface area contributed by atoms with Crippen LogP contribution >= 0.6 is 0 Å². The molecule has 1 atom stereocenters. The summed E-state index contributed by atoms with van der Waals surface area (Å²) in [6, 6.07) is 4.22. The van der Waals surface area contributed by atoms with Crippen molar-refractivity contribution in [3.63, 3.8) is 0 Å². The number of nitrogen functional groups attached to an aromatic ring is 1. The number of nitrogens with two attached hydrogens (primary N) is 1. The van der Waals surface area contributed by atoms with E-state index in [1.165, 1.54) is 6.07 Å². The second-order valence-corrected chi connectivity index (χ2v) is 4.25. The van der Waals surface area contributed by atoms with E-state index in [1.54, 1.807) is 24.1 Å². The van der Waals surface area contributed by atoms with E-state index in [2.05, 4.69) is 5.32 Å². The number of nitrogens with one attached hydrogen (secondary N) is 1. The zero-order valence-electron chi connectivity index (χ0n) is 9.92. The van der Waals surface area contributed by atoms with Gasteiger partial charge < -0.3 is 16.0 Å². The molecule has 0 bridgehead atoms. The molecule has 0 aliphatic carbocycles. The number of amides is 1. The predicted octanol–water partition coefficient (Wildman–Crippen LogP) is 0.820. The first-order valence-corrected chi connectivity index (χ1v) is 5.55. The van der Waals surface area contributed by atoms with E-state index < -0.39 is 11.0 Å². The number of carbonyl (C=O) groups is 1. The molecule has 1 fully saturated rings. The topological polar surface area (TPSA) is 102 Å². The van der Waals surface area contributed by atoms with Gasteiger partial charge >= 0.3 is 5.69 Å². The molecule has 96 valence electrons. The van der Waals surface area contributed by atoms with Gasteiger partial charge in [0.15, 0.2) is 0 Å². The highest BCUT2D eigenvalue weighted by Crippen LogP contribution is 2.31. The summed E-state index contributed by atoms with van der Waals surface area (Å²) in [5.41, 5.74) is 5.77. The van der Waals surface area contributed by atoms with Crippen LogP contribution < -0.4 is 11.1 Å². The molecule has 1 aliphatic rings. The van der Waals surface area contributed by atoms with Crippen LogP contribution in [0.1, 0.15) is 6.42 Å². The van der Waals surface area contributed by atoms with Gasteiger partial charge in [0.1, 0.15) is 17.4 Å². The maximum atomic E-state index is 11.7. The van der Waals surface area contributed by atoms with Gasteiger partial charge in [-0.2, -0.15) is 0 Å². The molecule has 0 radical (unpaired) electrons. The number of nitrogens with zero attached hydrogens (tertiary/aromatic N) is 2. The Labute approximate surface area is 104 Å². The van der Waals surface area contributed by atoms with Crippen LogP contribution in [0.25, 0.3) is 0 Å². The van der Waals surface area contributed by atoms with E-state index in [1.807, 2.05) is 0 Å². The van der Waals surface area contributed by atoms with Gasteiger partial charge in [0.05, 0.1) is 4.92 Å². The fraction of sp³-hybridized carbons (Fsp3) is 0.364. The van der Waals surface area contributed by atoms with Crippen molar-refractivity contribution in [2.24, 2.45) is 0 Å². The first-order chi connectivity index (χ1) is 8.50. The number of carbonyl (C=O) groups excluding carboxylic acids is 1. The molecule has 1 aromatic carbocycles. The van der Waals surface area contributed by atoms with Gasteiger partial charge in [-0.25, -0.2) is 0 Å². The van der Waals surface area contributed by atoms with E-state index in [9.17, 15) is 14.9 Å². The highest BCUT2D eigenvalue weighted by Gasteiger charge is 2.31. The van der Waals surface area contributed by atoms with Crippen molar-refractivity contribution < 1.29 is 9.72 Å². The lowest BCUT2D eigenvalue weighted by Gasteiger charge is -2.14. The van der Waals surface area contributed by atoms with Gasteiger partial charge in [-0.05, 0) is 18.6 Å².